The van der Waals surface area contributed by atoms with Gasteiger partial charge in [0.25, 0.3) is 0 Å². The number of hydrogen-bond donors (Lipinski definition) is 0. The first kappa shape index (κ1) is 49.8. The minimum absolute atomic E-state index is 0.00849. The molecule has 9 rings (SSSR count). The van der Waals surface area contributed by atoms with Crippen LogP contribution in [-0.2, 0) is 48.8 Å². The zero-order chi connectivity index (χ0) is 48.7. The Morgan fingerprint density at radius 1 is 0.652 bits per heavy atom. The molecule has 69 heavy (non-hydrogen) atoms. The molecule has 4 aromatic heterocycles. The molecular formula is C47H42BrCl2N7O8S4. The molecule has 0 aliphatic carbocycles. The van der Waals surface area contributed by atoms with Gasteiger partial charge in [0.15, 0.2) is 43.0 Å². The van der Waals surface area contributed by atoms with E-state index in [9.17, 15) is 21.6 Å². The van der Waals surface area contributed by atoms with E-state index in [0.29, 0.717) is 82.1 Å². The standard InChI is InChI=1S/C25H23ClN4O5S2.C22H19BrClN3O3S2/c1-34-21-9-8-19(29-11-12-35-25(29)31)15-20(21)30-23(27-28-24(30)22-3-2-13-36-22)16-37(32,33)14-10-17-4-6-18(26)7-5-17;1-30-19-9-6-16(23)13-18(19)27-21(25-26-22(27)20-3-2-11-31-20)14-32(28,29)12-10-15-4-7-17(24)8-5-15/h2-9,13,15H,10-12,14,16H2,1H3;2-9,11,13H,10,12,14H2,1H3. The zero-order valence-electron chi connectivity index (χ0n) is 36.9. The van der Waals surface area contributed by atoms with Gasteiger partial charge in [0.2, 0.25) is 0 Å². The third-order valence-electron chi connectivity index (χ3n) is 10.7. The van der Waals surface area contributed by atoms with Crippen molar-refractivity contribution in [3.05, 3.63) is 157 Å². The summed E-state index contributed by atoms with van der Waals surface area (Å²) in [6.07, 6.45) is 0.302. The molecule has 1 amide bonds. The van der Waals surface area contributed by atoms with Gasteiger partial charge in [-0.3, -0.25) is 14.0 Å². The number of hydrogen-bond acceptors (Lipinski definition) is 14. The third-order valence-corrected chi connectivity index (χ3v) is 16.5. The van der Waals surface area contributed by atoms with E-state index in [2.05, 4.69) is 36.3 Å². The highest BCUT2D eigenvalue weighted by Crippen LogP contribution is 2.36. The Kier molecular flexibility index (Phi) is 15.9. The van der Waals surface area contributed by atoms with Gasteiger partial charge in [-0.2, -0.15) is 0 Å². The van der Waals surface area contributed by atoms with Crippen LogP contribution in [0, 0.1) is 0 Å². The van der Waals surface area contributed by atoms with Crippen LogP contribution >= 0.6 is 61.8 Å². The van der Waals surface area contributed by atoms with Crippen LogP contribution in [0.2, 0.25) is 10.0 Å². The molecule has 0 saturated carbocycles. The Morgan fingerprint density at radius 3 is 1.57 bits per heavy atom. The van der Waals surface area contributed by atoms with Crippen LogP contribution in [-0.4, -0.2) is 91.3 Å². The van der Waals surface area contributed by atoms with Gasteiger partial charge in [0.1, 0.15) is 29.6 Å². The fourth-order valence-corrected chi connectivity index (χ4v) is 11.9. The number of cyclic esters (lactones) is 1. The first-order chi connectivity index (χ1) is 33.2. The highest BCUT2D eigenvalue weighted by atomic mass is 79.9. The van der Waals surface area contributed by atoms with Crippen LogP contribution in [0.3, 0.4) is 0 Å². The second-order valence-corrected chi connectivity index (χ2v) is 23.4. The molecule has 0 radical (unpaired) electrons. The quantitative estimate of drug-likeness (QED) is 0.0844. The van der Waals surface area contributed by atoms with Crippen LogP contribution in [0.15, 0.2) is 124 Å². The first-order valence-corrected chi connectivity index (χ1v) is 28.0. The number of sulfone groups is 2. The van der Waals surface area contributed by atoms with Gasteiger partial charge in [-0.1, -0.05) is 75.5 Å². The molecule has 358 valence electrons. The molecule has 5 heterocycles. The summed E-state index contributed by atoms with van der Waals surface area (Å²) in [5.41, 5.74) is 3.57. The highest BCUT2D eigenvalue weighted by molar-refractivity contribution is 9.10. The lowest BCUT2D eigenvalue weighted by molar-refractivity contribution is 0.181. The van der Waals surface area contributed by atoms with Crippen LogP contribution in [0.5, 0.6) is 11.5 Å². The van der Waals surface area contributed by atoms with E-state index in [-0.39, 0.29) is 28.8 Å². The molecule has 8 aromatic rings. The van der Waals surface area contributed by atoms with Gasteiger partial charge in [0, 0.05) is 20.2 Å². The number of amides is 1. The lowest BCUT2D eigenvalue weighted by Crippen LogP contribution is -2.23. The number of benzene rings is 4. The number of methoxy groups -OCH3 is 2. The van der Waals surface area contributed by atoms with Crippen molar-refractivity contribution in [1.82, 2.24) is 29.5 Å². The van der Waals surface area contributed by atoms with E-state index < -0.39 is 25.8 Å². The predicted molar refractivity (Wildman–Crippen MR) is 274 cm³/mol. The van der Waals surface area contributed by atoms with Crippen molar-refractivity contribution in [2.75, 3.05) is 43.8 Å². The third kappa shape index (κ3) is 12.2. The number of aromatic nitrogens is 6. The molecule has 1 aliphatic heterocycles. The molecule has 0 spiro atoms. The molecule has 0 N–H and O–H groups in total. The monoisotopic (exact) mass is 1110 g/mol. The van der Waals surface area contributed by atoms with Crippen molar-refractivity contribution in [3.8, 4) is 44.3 Å². The summed E-state index contributed by atoms with van der Waals surface area (Å²) in [5, 5.41) is 22.3. The van der Waals surface area contributed by atoms with Crippen molar-refractivity contribution in [2.24, 2.45) is 0 Å². The minimum atomic E-state index is -3.56. The van der Waals surface area contributed by atoms with Gasteiger partial charge in [-0.15, -0.1) is 43.1 Å². The topological polar surface area (TPSA) is 178 Å². The van der Waals surface area contributed by atoms with E-state index in [1.54, 1.807) is 58.7 Å². The summed E-state index contributed by atoms with van der Waals surface area (Å²) in [5.74, 6) is 2.07. The smallest absolute Gasteiger partial charge is 0.414 e. The number of anilines is 1. The first-order valence-electron chi connectivity index (χ1n) is 21.0. The predicted octanol–water partition coefficient (Wildman–Crippen LogP) is 10.3. The van der Waals surface area contributed by atoms with Gasteiger partial charge < -0.3 is 14.2 Å². The zero-order valence-corrected chi connectivity index (χ0v) is 43.2. The summed E-state index contributed by atoms with van der Waals surface area (Å²) < 4.78 is 72.9. The maximum Gasteiger partial charge on any atom is 0.414 e. The Balaban J connectivity index is 0.000000188. The average molecular weight is 1110 g/mol. The lowest BCUT2D eigenvalue weighted by Gasteiger charge is -2.18. The van der Waals surface area contributed by atoms with Crippen molar-refractivity contribution < 1.29 is 35.8 Å². The number of halogens is 3. The van der Waals surface area contributed by atoms with E-state index >= 15 is 0 Å². The van der Waals surface area contributed by atoms with Gasteiger partial charge in [-0.05, 0) is 108 Å². The lowest BCUT2D eigenvalue weighted by atomic mass is 10.2. The molecule has 4 aromatic carbocycles. The van der Waals surface area contributed by atoms with Crippen molar-refractivity contribution in [1.29, 1.82) is 0 Å². The second-order valence-electron chi connectivity index (χ2n) is 15.4. The van der Waals surface area contributed by atoms with E-state index in [4.69, 9.17) is 37.4 Å². The van der Waals surface area contributed by atoms with Crippen LogP contribution in [0.25, 0.3) is 32.8 Å². The number of carbonyl (C=O) groups is 1. The van der Waals surface area contributed by atoms with Crippen LogP contribution in [0.1, 0.15) is 22.8 Å². The van der Waals surface area contributed by atoms with Gasteiger partial charge in [-0.25, -0.2) is 21.6 Å². The Morgan fingerprint density at radius 2 is 1.13 bits per heavy atom. The number of ether oxygens (including phenoxy) is 3. The summed E-state index contributed by atoms with van der Waals surface area (Å²) >= 11 is 18.3. The second kappa shape index (κ2) is 22.0. The summed E-state index contributed by atoms with van der Waals surface area (Å²) in [7, 11) is -3.92. The van der Waals surface area contributed by atoms with Crippen LogP contribution < -0.4 is 14.4 Å². The number of rotatable bonds is 17. The fourth-order valence-electron chi connectivity index (χ4n) is 7.33. The summed E-state index contributed by atoms with van der Waals surface area (Å²) in [6, 6.07) is 32.7. The largest absolute Gasteiger partial charge is 0.495 e. The van der Waals surface area contributed by atoms with E-state index in [1.807, 2.05) is 77.5 Å². The Bertz CT molecular complexity index is 3280. The maximum absolute atomic E-state index is 13.2. The number of aryl methyl sites for hydroxylation is 2. The molecule has 0 atom stereocenters. The number of carbonyl (C=O) groups excluding carboxylic acids is 1. The summed E-state index contributed by atoms with van der Waals surface area (Å²) in [4.78, 5) is 15.4. The maximum atomic E-state index is 13.2. The SMILES string of the molecule is COc1ccc(Br)cc1-n1c(CS(=O)(=O)CCc2ccc(Cl)cc2)nnc1-c1cccs1.COc1ccc(N2CCOC2=O)cc1-n1c(CS(=O)(=O)CCc2ccc(Cl)cc2)nnc1-c1cccs1. The van der Waals surface area contributed by atoms with Crippen molar-refractivity contribution in [2.45, 2.75) is 24.3 Å². The Hall–Kier alpha value is -5.61. The highest BCUT2D eigenvalue weighted by Gasteiger charge is 2.28. The molecule has 1 aliphatic rings. The van der Waals surface area contributed by atoms with Crippen molar-refractivity contribution in [3.63, 3.8) is 0 Å². The molecular weight excluding hydrogens is 1070 g/mol. The average Bonchev–Trinajstić information content (AvgIpc) is 4.21. The number of thiophene rings is 2. The summed E-state index contributed by atoms with van der Waals surface area (Å²) in [6.45, 7) is 0.709. The Labute approximate surface area is 425 Å². The number of nitrogens with zero attached hydrogens (tertiary/aromatic N) is 7. The van der Waals surface area contributed by atoms with Gasteiger partial charge in [0.05, 0.1) is 53.4 Å². The van der Waals surface area contributed by atoms with Crippen LogP contribution in [0.4, 0.5) is 10.5 Å². The minimum Gasteiger partial charge on any atom is -0.495 e. The van der Waals surface area contributed by atoms with E-state index in [1.165, 1.54) is 34.7 Å². The molecule has 15 nitrogen and oxygen atoms in total. The normalized spacial score (nSPS) is 12.7. The molecule has 22 heteroatoms. The molecule has 1 saturated heterocycles. The van der Waals surface area contributed by atoms with E-state index in [0.717, 1.165) is 25.4 Å². The van der Waals surface area contributed by atoms with Crippen molar-refractivity contribution >= 4 is 93.3 Å². The molecule has 0 unspecified atom stereocenters. The fraction of sp³-hybridized carbons (Fsp3) is 0.213. The molecule has 0 bridgehead atoms. The van der Waals surface area contributed by atoms with Gasteiger partial charge >= 0.3 is 6.09 Å². The molecule has 1 fully saturated rings.